The molecule has 0 spiro atoms. The third kappa shape index (κ3) is 2.52. The normalized spacial score (nSPS) is 16.3. The molecule has 0 saturated carbocycles. The van der Waals surface area contributed by atoms with Crippen molar-refractivity contribution in [3.05, 3.63) is 16.7 Å². The molecule has 1 aromatic rings. The number of rotatable bonds is 2. The summed E-state index contributed by atoms with van der Waals surface area (Å²) in [6.45, 7) is 1.88. The van der Waals surface area contributed by atoms with Gasteiger partial charge in [0.15, 0.2) is 0 Å². The van der Waals surface area contributed by atoms with E-state index in [2.05, 4.69) is 20.9 Å². The fourth-order valence-corrected chi connectivity index (χ4v) is 2.28. The highest BCUT2D eigenvalue weighted by molar-refractivity contribution is 9.10. The van der Waals surface area contributed by atoms with Gasteiger partial charge in [0.25, 0.3) is 0 Å². The van der Waals surface area contributed by atoms with E-state index in [1.807, 2.05) is 18.0 Å². The molecule has 2 rings (SSSR count). The van der Waals surface area contributed by atoms with Crippen molar-refractivity contribution in [3.63, 3.8) is 0 Å². The van der Waals surface area contributed by atoms with Gasteiger partial charge in [0.1, 0.15) is 11.6 Å². The Labute approximate surface area is 108 Å². The van der Waals surface area contributed by atoms with Crippen molar-refractivity contribution in [1.29, 1.82) is 0 Å². The quantitative estimate of drug-likeness (QED) is 0.821. The highest BCUT2D eigenvalue weighted by Crippen LogP contribution is 2.28. The van der Waals surface area contributed by atoms with E-state index < -0.39 is 0 Å². The summed E-state index contributed by atoms with van der Waals surface area (Å²) < 4.78 is 5.93. The maximum absolute atomic E-state index is 11.6. The van der Waals surface area contributed by atoms with E-state index in [1.165, 1.54) is 0 Å². The van der Waals surface area contributed by atoms with Gasteiger partial charge < -0.3 is 14.5 Å². The lowest BCUT2D eigenvalue weighted by Gasteiger charge is -2.33. The molecule has 0 unspecified atom stereocenters. The molecule has 1 amide bonds. The molecule has 0 bridgehead atoms. The van der Waals surface area contributed by atoms with Crippen LogP contribution in [0, 0.1) is 0 Å². The predicted octanol–water partition coefficient (Wildman–Crippen LogP) is 1.13. The molecule has 0 N–H and O–H groups in total. The van der Waals surface area contributed by atoms with E-state index in [0.29, 0.717) is 12.3 Å². The van der Waals surface area contributed by atoms with E-state index in [0.717, 1.165) is 23.4 Å². The summed E-state index contributed by atoms with van der Waals surface area (Å²) in [5.74, 6) is 1.59. The molecule has 0 aliphatic carbocycles. The maximum atomic E-state index is 11.6. The minimum Gasteiger partial charge on any atom is -0.495 e. The average Bonchev–Trinajstić information content (AvgIpc) is 2.32. The number of nitrogens with zero attached hydrogens (tertiary/aromatic N) is 3. The van der Waals surface area contributed by atoms with Crippen molar-refractivity contribution in [3.8, 4) is 5.75 Å². The Morgan fingerprint density at radius 2 is 2.24 bits per heavy atom. The summed E-state index contributed by atoms with van der Waals surface area (Å²) in [7, 11) is 3.42. The summed E-state index contributed by atoms with van der Waals surface area (Å²) in [5, 5.41) is 0. The predicted molar refractivity (Wildman–Crippen MR) is 68.3 cm³/mol. The van der Waals surface area contributed by atoms with Gasteiger partial charge in [-0.2, -0.15) is 0 Å². The second-order valence-electron chi connectivity index (χ2n) is 3.92. The number of pyridine rings is 1. The number of methoxy groups -OCH3 is 1. The molecule has 1 saturated heterocycles. The molecule has 0 atom stereocenters. The Kier molecular flexibility index (Phi) is 3.51. The van der Waals surface area contributed by atoms with Crippen LogP contribution in [0.25, 0.3) is 0 Å². The van der Waals surface area contributed by atoms with Crippen LogP contribution in [0.4, 0.5) is 5.82 Å². The van der Waals surface area contributed by atoms with Crippen LogP contribution in [0.2, 0.25) is 0 Å². The van der Waals surface area contributed by atoms with Gasteiger partial charge in [-0.15, -0.1) is 0 Å². The standard InChI is InChI=1S/C11H14BrN3O2/c1-14-3-4-15(7-10(14)16)11-9(12)5-8(17-2)6-13-11/h5-6H,3-4,7H2,1-2H3. The van der Waals surface area contributed by atoms with Crippen LogP contribution in [-0.2, 0) is 4.79 Å². The number of piperazine rings is 1. The number of likely N-dealkylation sites (N-methyl/N-ethyl adjacent to an activating group) is 1. The summed E-state index contributed by atoms with van der Waals surface area (Å²) in [6, 6.07) is 1.85. The van der Waals surface area contributed by atoms with Crippen LogP contribution in [0.15, 0.2) is 16.7 Å². The van der Waals surface area contributed by atoms with Gasteiger partial charge in [-0.3, -0.25) is 4.79 Å². The molecule has 1 aromatic heterocycles. The molecule has 17 heavy (non-hydrogen) atoms. The van der Waals surface area contributed by atoms with E-state index >= 15 is 0 Å². The van der Waals surface area contributed by atoms with Crippen molar-refractivity contribution in [2.45, 2.75) is 0 Å². The zero-order chi connectivity index (χ0) is 12.4. The van der Waals surface area contributed by atoms with Crippen LogP contribution >= 0.6 is 15.9 Å². The van der Waals surface area contributed by atoms with Crippen molar-refractivity contribution >= 4 is 27.7 Å². The third-order valence-corrected chi connectivity index (χ3v) is 3.37. The molecule has 1 fully saturated rings. The molecule has 6 heteroatoms. The Morgan fingerprint density at radius 3 is 2.82 bits per heavy atom. The molecule has 0 radical (unpaired) electrons. The number of carbonyl (C=O) groups excluding carboxylic acids is 1. The van der Waals surface area contributed by atoms with Gasteiger partial charge in [-0.25, -0.2) is 4.98 Å². The molecule has 1 aliphatic rings. The van der Waals surface area contributed by atoms with E-state index in [-0.39, 0.29) is 5.91 Å². The highest BCUT2D eigenvalue weighted by Gasteiger charge is 2.23. The lowest BCUT2D eigenvalue weighted by Crippen LogP contribution is -2.48. The molecular formula is C11H14BrN3O2. The number of amides is 1. The van der Waals surface area contributed by atoms with Crippen LogP contribution in [0.3, 0.4) is 0 Å². The summed E-state index contributed by atoms with van der Waals surface area (Å²) in [5.41, 5.74) is 0. The first-order valence-electron chi connectivity index (χ1n) is 5.30. The summed E-state index contributed by atoms with van der Waals surface area (Å²) in [6.07, 6.45) is 1.66. The first-order valence-corrected chi connectivity index (χ1v) is 6.09. The van der Waals surface area contributed by atoms with E-state index in [1.54, 1.807) is 18.2 Å². The largest absolute Gasteiger partial charge is 0.495 e. The SMILES string of the molecule is COc1cnc(N2CCN(C)C(=O)C2)c(Br)c1. The van der Waals surface area contributed by atoms with E-state index in [4.69, 9.17) is 4.74 Å². The zero-order valence-corrected chi connectivity index (χ0v) is 11.4. The van der Waals surface area contributed by atoms with Crippen LogP contribution < -0.4 is 9.64 Å². The Balaban J connectivity index is 2.20. The van der Waals surface area contributed by atoms with Crippen molar-refractivity contribution in [2.75, 3.05) is 38.7 Å². The van der Waals surface area contributed by atoms with Crippen LogP contribution in [0.1, 0.15) is 0 Å². The van der Waals surface area contributed by atoms with Crippen LogP contribution in [0.5, 0.6) is 5.75 Å². The molecule has 5 nitrogen and oxygen atoms in total. The molecule has 92 valence electrons. The zero-order valence-electron chi connectivity index (χ0n) is 9.81. The summed E-state index contributed by atoms with van der Waals surface area (Å²) in [4.78, 5) is 19.6. The van der Waals surface area contributed by atoms with Crippen LogP contribution in [-0.4, -0.2) is 49.6 Å². The first kappa shape index (κ1) is 12.2. The van der Waals surface area contributed by atoms with Gasteiger partial charge in [0.05, 0.1) is 24.3 Å². The van der Waals surface area contributed by atoms with Crippen molar-refractivity contribution in [1.82, 2.24) is 9.88 Å². The van der Waals surface area contributed by atoms with Crippen molar-refractivity contribution in [2.24, 2.45) is 0 Å². The van der Waals surface area contributed by atoms with Gasteiger partial charge in [-0.1, -0.05) is 0 Å². The second kappa shape index (κ2) is 4.91. The third-order valence-electron chi connectivity index (χ3n) is 2.79. The highest BCUT2D eigenvalue weighted by atomic mass is 79.9. The van der Waals surface area contributed by atoms with Gasteiger partial charge >= 0.3 is 0 Å². The fourth-order valence-electron chi connectivity index (χ4n) is 1.70. The average molecular weight is 300 g/mol. The molecular weight excluding hydrogens is 286 g/mol. The molecule has 2 heterocycles. The first-order chi connectivity index (χ1) is 8.11. The number of hydrogen-bond donors (Lipinski definition) is 0. The Bertz CT molecular complexity index is 439. The number of carbonyl (C=O) groups is 1. The number of aromatic nitrogens is 1. The van der Waals surface area contributed by atoms with Gasteiger partial charge in [0, 0.05) is 20.1 Å². The van der Waals surface area contributed by atoms with Gasteiger partial charge in [-0.05, 0) is 22.0 Å². The second-order valence-corrected chi connectivity index (χ2v) is 4.77. The van der Waals surface area contributed by atoms with Gasteiger partial charge in [0.2, 0.25) is 5.91 Å². The monoisotopic (exact) mass is 299 g/mol. The number of ether oxygens (including phenoxy) is 1. The lowest BCUT2D eigenvalue weighted by atomic mass is 10.3. The molecule has 0 aromatic carbocycles. The number of hydrogen-bond acceptors (Lipinski definition) is 4. The number of anilines is 1. The van der Waals surface area contributed by atoms with Crippen molar-refractivity contribution < 1.29 is 9.53 Å². The number of halogens is 1. The topological polar surface area (TPSA) is 45.7 Å². The fraction of sp³-hybridized carbons (Fsp3) is 0.455. The summed E-state index contributed by atoms with van der Waals surface area (Å²) >= 11 is 3.45. The minimum atomic E-state index is 0.112. The Morgan fingerprint density at radius 1 is 1.47 bits per heavy atom. The Hall–Kier alpha value is -1.30. The lowest BCUT2D eigenvalue weighted by molar-refractivity contribution is -0.129. The smallest absolute Gasteiger partial charge is 0.241 e. The minimum absolute atomic E-state index is 0.112. The molecule has 1 aliphatic heterocycles. The maximum Gasteiger partial charge on any atom is 0.241 e. The van der Waals surface area contributed by atoms with E-state index in [9.17, 15) is 4.79 Å².